The smallest absolute Gasteiger partial charge is 0.189 e. The summed E-state index contributed by atoms with van der Waals surface area (Å²) in [6, 6.07) is 11.9. The molecule has 4 aromatic rings. The topological polar surface area (TPSA) is 66.5 Å². The normalized spacial score (nSPS) is 16.1. The van der Waals surface area contributed by atoms with Crippen LogP contribution in [0.5, 0.6) is 0 Å². The molecular formula is C22H18FN5S2. The number of anilines is 2. The summed E-state index contributed by atoms with van der Waals surface area (Å²) in [5, 5.41) is 4.91. The highest BCUT2D eigenvalue weighted by molar-refractivity contribution is 7.98. The molecule has 1 atom stereocenters. The third kappa shape index (κ3) is 3.76. The second kappa shape index (κ2) is 8.04. The third-order valence-electron chi connectivity index (χ3n) is 4.77. The number of hydrogen-bond donors (Lipinski definition) is 2. The van der Waals surface area contributed by atoms with Gasteiger partial charge in [0.15, 0.2) is 10.3 Å². The molecule has 1 aliphatic carbocycles. The van der Waals surface area contributed by atoms with Gasteiger partial charge in [0.25, 0.3) is 0 Å². The van der Waals surface area contributed by atoms with Crippen LogP contribution in [0.15, 0.2) is 66.0 Å². The number of nitrogens with one attached hydrogen (secondary N) is 2. The molecule has 5 rings (SSSR count). The van der Waals surface area contributed by atoms with Gasteiger partial charge in [-0.3, -0.25) is 0 Å². The van der Waals surface area contributed by atoms with Gasteiger partial charge >= 0.3 is 0 Å². The van der Waals surface area contributed by atoms with E-state index in [0.29, 0.717) is 12.2 Å². The lowest BCUT2D eigenvalue weighted by Gasteiger charge is -2.10. The van der Waals surface area contributed by atoms with Crippen LogP contribution >= 0.6 is 23.1 Å². The molecule has 0 spiro atoms. The average Bonchev–Trinajstić information content (AvgIpc) is 3.38. The molecule has 0 bridgehead atoms. The fraction of sp³-hybridized carbons (Fsp3) is 0.136. The summed E-state index contributed by atoms with van der Waals surface area (Å²) in [7, 11) is 0. The number of thioether (sulfide) groups is 1. The van der Waals surface area contributed by atoms with Gasteiger partial charge in [0, 0.05) is 18.2 Å². The number of nitrogens with zero attached hydrogens (tertiary/aromatic N) is 3. The van der Waals surface area contributed by atoms with E-state index in [4.69, 9.17) is 4.98 Å². The first-order valence-electron chi connectivity index (χ1n) is 9.45. The van der Waals surface area contributed by atoms with Crippen molar-refractivity contribution in [3.8, 4) is 11.3 Å². The number of pyridine rings is 1. The molecule has 1 aliphatic rings. The van der Waals surface area contributed by atoms with E-state index in [1.54, 1.807) is 35.4 Å². The number of thiazole rings is 1. The van der Waals surface area contributed by atoms with E-state index >= 15 is 0 Å². The number of alkyl halides is 1. The minimum absolute atomic E-state index is 0.375. The SMILES string of the molecule is CSc1nc(-c2ccnc(Nc3nc4ccccc4s3)c2)c(C2=CCC(F)C=C2)[nH]1. The van der Waals surface area contributed by atoms with Gasteiger partial charge in [-0.25, -0.2) is 19.3 Å². The molecule has 3 aromatic heterocycles. The van der Waals surface area contributed by atoms with Crippen molar-refractivity contribution in [3.05, 3.63) is 66.5 Å². The predicted molar refractivity (Wildman–Crippen MR) is 123 cm³/mol. The van der Waals surface area contributed by atoms with E-state index in [1.165, 1.54) is 0 Å². The van der Waals surface area contributed by atoms with Crippen LogP contribution in [0.2, 0.25) is 0 Å². The van der Waals surface area contributed by atoms with Crippen molar-refractivity contribution >= 4 is 49.8 Å². The molecule has 5 nitrogen and oxygen atoms in total. The number of rotatable bonds is 5. The Kier molecular flexibility index (Phi) is 5.10. The largest absolute Gasteiger partial charge is 0.332 e. The van der Waals surface area contributed by atoms with Crippen LogP contribution < -0.4 is 5.32 Å². The van der Waals surface area contributed by atoms with Crippen molar-refractivity contribution in [1.29, 1.82) is 0 Å². The van der Waals surface area contributed by atoms with Gasteiger partial charge in [-0.15, -0.1) is 0 Å². The first kappa shape index (κ1) is 19.0. The summed E-state index contributed by atoms with van der Waals surface area (Å²) in [6.45, 7) is 0. The number of para-hydroxylation sites is 1. The van der Waals surface area contributed by atoms with Gasteiger partial charge in [0.05, 0.1) is 21.6 Å². The monoisotopic (exact) mass is 435 g/mol. The maximum atomic E-state index is 13.5. The highest BCUT2D eigenvalue weighted by atomic mass is 32.2. The van der Waals surface area contributed by atoms with Crippen LogP contribution in [0.3, 0.4) is 0 Å². The fourth-order valence-electron chi connectivity index (χ4n) is 3.33. The summed E-state index contributed by atoms with van der Waals surface area (Å²) in [5.74, 6) is 0.697. The second-order valence-corrected chi connectivity index (χ2v) is 8.61. The molecule has 1 unspecified atom stereocenters. The van der Waals surface area contributed by atoms with Gasteiger partial charge in [-0.1, -0.05) is 47.4 Å². The lowest BCUT2D eigenvalue weighted by Crippen LogP contribution is -1.99. The summed E-state index contributed by atoms with van der Waals surface area (Å²) >= 11 is 3.13. The number of aromatic nitrogens is 4. The number of aromatic amines is 1. The van der Waals surface area contributed by atoms with E-state index in [-0.39, 0.29) is 0 Å². The maximum Gasteiger partial charge on any atom is 0.189 e. The molecule has 0 saturated heterocycles. The first-order valence-corrected chi connectivity index (χ1v) is 11.5. The molecule has 8 heteroatoms. The summed E-state index contributed by atoms with van der Waals surface area (Å²) < 4.78 is 14.6. The summed E-state index contributed by atoms with van der Waals surface area (Å²) in [5.41, 5.74) is 4.55. The number of hydrogen-bond acceptors (Lipinski definition) is 6. The van der Waals surface area contributed by atoms with Crippen molar-refractivity contribution < 1.29 is 4.39 Å². The van der Waals surface area contributed by atoms with Crippen LogP contribution in [-0.2, 0) is 0 Å². The maximum absolute atomic E-state index is 13.5. The van der Waals surface area contributed by atoms with E-state index in [9.17, 15) is 4.39 Å². The Morgan fingerprint density at radius 2 is 2.13 bits per heavy atom. The van der Waals surface area contributed by atoms with Gasteiger partial charge in [0.2, 0.25) is 0 Å². The van der Waals surface area contributed by atoms with Crippen LogP contribution in [0.1, 0.15) is 12.1 Å². The zero-order valence-corrected chi connectivity index (χ0v) is 17.7. The fourth-order valence-corrected chi connectivity index (χ4v) is 4.59. The number of benzene rings is 1. The van der Waals surface area contributed by atoms with Crippen molar-refractivity contribution in [1.82, 2.24) is 19.9 Å². The van der Waals surface area contributed by atoms with E-state index in [2.05, 4.69) is 26.3 Å². The number of allylic oxidation sites excluding steroid dienone is 4. The second-order valence-electron chi connectivity index (χ2n) is 6.78. The van der Waals surface area contributed by atoms with Crippen molar-refractivity contribution in [2.45, 2.75) is 17.7 Å². The zero-order chi connectivity index (χ0) is 20.5. The molecule has 150 valence electrons. The number of imidazole rings is 1. The molecule has 0 amide bonds. The molecule has 0 fully saturated rings. The Bertz CT molecular complexity index is 1240. The third-order valence-corrected chi connectivity index (χ3v) is 6.31. The molecule has 0 saturated carbocycles. The van der Waals surface area contributed by atoms with Crippen molar-refractivity contribution in [2.24, 2.45) is 0 Å². The van der Waals surface area contributed by atoms with Crippen molar-refractivity contribution in [2.75, 3.05) is 11.6 Å². The molecule has 0 aliphatic heterocycles. The lowest BCUT2D eigenvalue weighted by molar-refractivity contribution is 0.402. The molecule has 1 aromatic carbocycles. The minimum Gasteiger partial charge on any atom is -0.332 e. The Hall–Kier alpha value is -2.97. The van der Waals surface area contributed by atoms with Crippen molar-refractivity contribution in [3.63, 3.8) is 0 Å². The van der Waals surface area contributed by atoms with Crippen LogP contribution in [-0.4, -0.2) is 32.4 Å². The standard InChI is InChI=1S/C22H18FN5S2/c1-29-21-27-19(13-6-8-15(23)9-7-13)20(28-21)14-10-11-24-18(12-14)26-22-25-16-4-2-3-5-17(16)30-22/h2-8,10-12,15H,9H2,1H3,(H,27,28)(H,24,25,26). The molecule has 0 radical (unpaired) electrons. The highest BCUT2D eigenvalue weighted by Crippen LogP contribution is 2.34. The molecule has 3 heterocycles. The quantitative estimate of drug-likeness (QED) is 0.364. The van der Waals surface area contributed by atoms with Gasteiger partial charge in [0.1, 0.15) is 12.0 Å². The number of halogens is 1. The number of H-pyrrole nitrogens is 1. The van der Waals surface area contributed by atoms with E-state index in [0.717, 1.165) is 43.0 Å². The van der Waals surface area contributed by atoms with E-state index in [1.807, 2.05) is 48.7 Å². The molecular weight excluding hydrogens is 417 g/mol. The van der Waals surface area contributed by atoms with Crippen LogP contribution in [0.4, 0.5) is 15.3 Å². The highest BCUT2D eigenvalue weighted by Gasteiger charge is 2.18. The van der Waals surface area contributed by atoms with E-state index < -0.39 is 6.17 Å². The zero-order valence-electron chi connectivity index (χ0n) is 16.1. The van der Waals surface area contributed by atoms with Gasteiger partial charge < -0.3 is 10.3 Å². The Morgan fingerprint density at radius 1 is 1.23 bits per heavy atom. The Labute approximate surface area is 181 Å². The lowest BCUT2D eigenvalue weighted by atomic mass is 10.00. The summed E-state index contributed by atoms with van der Waals surface area (Å²) in [4.78, 5) is 17.2. The predicted octanol–water partition coefficient (Wildman–Crippen LogP) is 6.23. The first-order chi connectivity index (χ1) is 14.7. The number of fused-ring (bicyclic) bond motifs is 1. The summed E-state index contributed by atoms with van der Waals surface area (Å²) in [6.07, 6.45) is 8.49. The molecule has 30 heavy (non-hydrogen) atoms. The van der Waals surface area contributed by atoms with Crippen LogP contribution in [0, 0.1) is 0 Å². The average molecular weight is 436 g/mol. The van der Waals surface area contributed by atoms with Gasteiger partial charge in [-0.05, 0) is 42.2 Å². The molecule has 2 N–H and O–H groups in total. The van der Waals surface area contributed by atoms with Gasteiger partial charge in [-0.2, -0.15) is 0 Å². The Morgan fingerprint density at radius 3 is 2.93 bits per heavy atom. The minimum atomic E-state index is -0.925. The Balaban J connectivity index is 1.49. The van der Waals surface area contributed by atoms with Crippen LogP contribution in [0.25, 0.3) is 27.0 Å².